The van der Waals surface area contributed by atoms with Crippen molar-refractivity contribution in [2.45, 2.75) is 64.0 Å². The predicted molar refractivity (Wildman–Crippen MR) is 60.3 cm³/mol. The molecule has 1 aliphatic rings. The number of hydrogen-bond donors (Lipinski definition) is 1. The summed E-state index contributed by atoms with van der Waals surface area (Å²) in [4.78, 5) is 0. The fraction of sp³-hybridized carbons (Fsp3) is 1.00. The predicted octanol–water partition coefficient (Wildman–Crippen LogP) is 2.71. The van der Waals surface area contributed by atoms with E-state index in [-0.39, 0.29) is 5.60 Å². The molecule has 1 fully saturated rings. The first kappa shape index (κ1) is 12.0. The molecule has 0 bridgehead atoms. The Morgan fingerprint density at radius 2 is 2.07 bits per heavy atom. The van der Waals surface area contributed by atoms with Crippen molar-refractivity contribution in [2.75, 3.05) is 7.11 Å². The van der Waals surface area contributed by atoms with Gasteiger partial charge in [0.1, 0.15) is 0 Å². The first-order valence-corrected chi connectivity index (χ1v) is 5.94. The van der Waals surface area contributed by atoms with Gasteiger partial charge in [-0.2, -0.15) is 0 Å². The lowest BCUT2D eigenvalue weighted by Gasteiger charge is -2.43. The second kappa shape index (κ2) is 5.13. The van der Waals surface area contributed by atoms with Gasteiger partial charge in [-0.3, -0.25) is 0 Å². The van der Waals surface area contributed by atoms with E-state index in [0.29, 0.717) is 12.0 Å². The van der Waals surface area contributed by atoms with Crippen molar-refractivity contribution in [3.8, 4) is 0 Å². The minimum atomic E-state index is 0.140. The second-order valence-corrected chi connectivity index (χ2v) is 4.87. The van der Waals surface area contributed by atoms with Crippen molar-refractivity contribution in [2.24, 2.45) is 11.7 Å². The van der Waals surface area contributed by atoms with E-state index in [4.69, 9.17) is 10.5 Å². The van der Waals surface area contributed by atoms with Crippen molar-refractivity contribution < 1.29 is 4.74 Å². The van der Waals surface area contributed by atoms with Crippen LogP contribution >= 0.6 is 0 Å². The number of nitrogens with two attached hydrogens (primary N) is 1. The first-order valence-electron chi connectivity index (χ1n) is 5.94. The van der Waals surface area contributed by atoms with Crippen molar-refractivity contribution in [1.29, 1.82) is 0 Å². The molecule has 0 aliphatic heterocycles. The average Bonchev–Trinajstić information content (AvgIpc) is 2.11. The van der Waals surface area contributed by atoms with Crippen LogP contribution in [0.15, 0.2) is 0 Å². The third-order valence-electron chi connectivity index (χ3n) is 3.78. The van der Waals surface area contributed by atoms with Gasteiger partial charge in [0.25, 0.3) is 0 Å². The van der Waals surface area contributed by atoms with Crippen LogP contribution in [0, 0.1) is 5.92 Å². The number of hydrogen-bond acceptors (Lipinski definition) is 2. The summed E-state index contributed by atoms with van der Waals surface area (Å²) >= 11 is 0. The maximum atomic E-state index is 6.19. The van der Waals surface area contributed by atoms with E-state index < -0.39 is 0 Å². The van der Waals surface area contributed by atoms with E-state index in [1.807, 2.05) is 7.11 Å². The van der Waals surface area contributed by atoms with Gasteiger partial charge < -0.3 is 10.5 Å². The van der Waals surface area contributed by atoms with Crippen LogP contribution in [0.1, 0.15) is 52.4 Å². The largest absolute Gasteiger partial charge is 0.378 e. The normalized spacial score (nSPS) is 24.0. The van der Waals surface area contributed by atoms with E-state index in [2.05, 4.69) is 13.8 Å². The van der Waals surface area contributed by atoms with Gasteiger partial charge in [0, 0.05) is 13.2 Å². The first-order chi connectivity index (χ1) is 6.63. The van der Waals surface area contributed by atoms with Crippen molar-refractivity contribution in [1.82, 2.24) is 0 Å². The molecule has 2 atom stereocenters. The molecule has 2 heteroatoms. The number of ether oxygens (including phenoxy) is 1. The second-order valence-electron chi connectivity index (χ2n) is 4.87. The van der Waals surface area contributed by atoms with Gasteiger partial charge in [-0.25, -0.2) is 0 Å². The number of methoxy groups -OCH3 is 1. The van der Waals surface area contributed by atoms with E-state index in [0.717, 1.165) is 6.42 Å². The van der Waals surface area contributed by atoms with Crippen molar-refractivity contribution >= 4 is 0 Å². The van der Waals surface area contributed by atoms with E-state index in [1.54, 1.807) is 0 Å². The lowest BCUT2D eigenvalue weighted by molar-refractivity contribution is -0.0841. The molecule has 0 spiro atoms. The van der Waals surface area contributed by atoms with Crippen LogP contribution in [0.2, 0.25) is 0 Å². The summed E-state index contributed by atoms with van der Waals surface area (Å²) in [6, 6.07) is 0.315. The van der Waals surface area contributed by atoms with Gasteiger partial charge in [0.15, 0.2) is 0 Å². The lowest BCUT2D eigenvalue weighted by atomic mass is 9.73. The SMILES string of the molecule is CCCC(C)C(N)CC1(OC)CCC1. The van der Waals surface area contributed by atoms with Crippen molar-refractivity contribution in [3.05, 3.63) is 0 Å². The Bertz CT molecular complexity index is 160. The quantitative estimate of drug-likeness (QED) is 0.714. The van der Waals surface area contributed by atoms with Crippen LogP contribution in [0.5, 0.6) is 0 Å². The highest BCUT2D eigenvalue weighted by Crippen LogP contribution is 2.39. The molecule has 0 aromatic heterocycles. The molecule has 0 aromatic carbocycles. The summed E-state index contributed by atoms with van der Waals surface area (Å²) in [5, 5.41) is 0. The summed E-state index contributed by atoms with van der Waals surface area (Å²) in [7, 11) is 1.83. The van der Waals surface area contributed by atoms with Crippen molar-refractivity contribution in [3.63, 3.8) is 0 Å². The maximum Gasteiger partial charge on any atom is 0.0693 e. The Morgan fingerprint density at radius 3 is 2.43 bits per heavy atom. The van der Waals surface area contributed by atoms with E-state index in [1.165, 1.54) is 32.1 Å². The molecule has 1 aliphatic carbocycles. The Kier molecular flexibility index (Phi) is 4.39. The zero-order valence-electron chi connectivity index (χ0n) is 9.88. The molecule has 0 aromatic rings. The zero-order valence-corrected chi connectivity index (χ0v) is 9.88. The van der Waals surface area contributed by atoms with Crippen LogP contribution < -0.4 is 5.73 Å². The van der Waals surface area contributed by atoms with Crippen LogP contribution in [-0.4, -0.2) is 18.8 Å². The molecule has 2 N–H and O–H groups in total. The fourth-order valence-corrected chi connectivity index (χ4v) is 2.36. The molecule has 2 unspecified atom stereocenters. The maximum absolute atomic E-state index is 6.19. The topological polar surface area (TPSA) is 35.2 Å². The highest BCUT2D eigenvalue weighted by Gasteiger charge is 2.38. The Labute approximate surface area is 88.2 Å². The summed E-state index contributed by atoms with van der Waals surface area (Å²) in [6.07, 6.45) is 7.23. The Morgan fingerprint density at radius 1 is 1.43 bits per heavy atom. The van der Waals surface area contributed by atoms with Gasteiger partial charge in [-0.15, -0.1) is 0 Å². The van der Waals surface area contributed by atoms with Crippen LogP contribution in [0.3, 0.4) is 0 Å². The minimum Gasteiger partial charge on any atom is -0.378 e. The molecular weight excluding hydrogens is 174 g/mol. The molecule has 0 amide bonds. The highest BCUT2D eigenvalue weighted by molar-refractivity contribution is 4.93. The minimum absolute atomic E-state index is 0.140. The van der Waals surface area contributed by atoms with Crippen LogP contribution in [0.25, 0.3) is 0 Å². The standard InChI is InChI=1S/C12H25NO/c1-4-6-10(2)11(13)9-12(14-3)7-5-8-12/h10-11H,4-9,13H2,1-3H3. The third-order valence-corrected chi connectivity index (χ3v) is 3.78. The molecule has 0 radical (unpaired) electrons. The Hall–Kier alpha value is -0.0800. The van der Waals surface area contributed by atoms with E-state index in [9.17, 15) is 0 Å². The monoisotopic (exact) mass is 199 g/mol. The summed E-state index contributed by atoms with van der Waals surface area (Å²) in [6.45, 7) is 4.48. The molecule has 2 nitrogen and oxygen atoms in total. The average molecular weight is 199 g/mol. The van der Waals surface area contributed by atoms with Gasteiger partial charge in [-0.1, -0.05) is 20.3 Å². The van der Waals surface area contributed by atoms with Gasteiger partial charge in [0.2, 0.25) is 0 Å². The van der Waals surface area contributed by atoms with Crippen LogP contribution in [0.4, 0.5) is 0 Å². The van der Waals surface area contributed by atoms with Gasteiger partial charge in [0.05, 0.1) is 5.60 Å². The van der Waals surface area contributed by atoms with E-state index >= 15 is 0 Å². The molecule has 84 valence electrons. The molecular formula is C12H25NO. The third kappa shape index (κ3) is 2.71. The fourth-order valence-electron chi connectivity index (χ4n) is 2.36. The Balaban J connectivity index is 2.34. The van der Waals surface area contributed by atoms with Gasteiger partial charge >= 0.3 is 0 Å². The lowest BCUT2D eigenvalue weighted by Crippen LogP contribution is -2.46. The summed E-state index contributed by atoms with van der Waals surface area (Å²) < 4.78 is 5.59. The van der Waals surface area contributed by atoms with Gasteiger partial charge in [-0.05, 0) is 38.0 Å². The summed E-state index contributed by atoms with van der Waals surface area (Å²) in [5.74, 6) is 0.632. The molecule has 1 rings (SSSR count). The highest BCUT2D eigenvalue weighted by atomic mass is 16.5. The molecule has 14 heavy (non-hydrogen) atoms. The summed E-state index contributed by atoms with van der Waals surface area (Å²) in [5.41, 5.74) is 6.33. The van der Waals surface area contributed by atoms with Crippen LogP contribution in [-0.2, 0) is 4.74 Å². The molecule has 0 heterocycles. The molecule has 0 saturated heterocycles. The smallest absolute Gasteiger partial charge is 0.0693 e. The zero-order chi connectivity index (χ0) is 10.6. The number of rotatable bonds is 6. The molecule has 1 saturated carbocycles.